The first kappa shape index (κ1) is 12.8. The molecular weight excluding hydrogens is 236 g/mol. The minimum Gasteiger partial charge on any atom is -0.368 e. The standard InChI is InChI=1S/C11H18N4O3/c12-5-9(16)14-7-3-1-6-2-4-8(10(13)17)15(6)11(7)18/h6-8H,1-5,12H2,(H2,13,17)(H,14,16). The third-order valence-electron chi connectivity index (χ3n) is 3.69. The van der Waals surface area contributed by atoms with Gasteiger partial charge >= 0.3 is 0 Å². The van der Waals surface area contributed by atoms with Gasteiger partial charge in [-0.15, -0.1) is 0 Å². The van der Waals surface area contributed by atoms with Crippen molar-refractivity contribution in [3.05, 3.63) is 0 Å². The van der Waals surface area contributed by atoms with Crippen LogP contribution in [0.15, 0.2) is 0 Å². The Balaban J connectivity index is 2.09. The largest absolute Gasteiger partial charge is 0.368 e. The molecule has 0 saturated carbocycles. The quantitative estimate of drug-likeness (QED) is 0.543. The Labute approximate surface area is 105 Å². The number of carbonyl (C=O) groups excluding carboxylic acids is 3. The molecule has 3 atom stereocenters. The number of hydrogen-bond acceptors (Lipinski definition) is 4. The molecule has 7 heteroatoms. The van der Waals surface area contributed by atoms with Gasteiger partial charge in [-0.3, -0.25) is 14.4 Å². The fourth-order valence-electron chi connectivity index (χ4n) is 2.83. The molecule has 0 radical (unpaired) electrons. The fraction of sp³-hybridized carbons (Fsp3) is 0.727. The van der Waals surface area contributed by atoms with E-state index in [2.05, 4.69) is 5.32 Å². The number of amides is 3. The molecule has 2 aliphatic heterocycles. The van der Waals surface area contributed by atoms with Gasteiger partial charge in [0.1, 0.15) is 12.1 Å². The normalized spacial score (nSPS) is 31.1. The van der Waals surface area contributed by atoms with Crippen LogP contribution in [0.25, 0.3) is 0 Å². The Morgan fingerprint density at radius 1 is 1.28 bits per heavy atom. The number of rotatable bonds is 3. The van der Waals surface area contributed by atoms with Gasteiger partial charge in [-0.2, -0.15) is 0 Å². The van der Waals surface area contributed by atoms with Gasteiger partial charge in [0.05, 0.1) is 6.54 Å². The number of carbonyl (C=O) groups is 3. The Bertz CT molecular complexity index is 384. The minimum absolute atomic E-state index is 0.0843. The molecule has 0 aromatic rings. The first-order valence-electron chi connectivity index (χ1n) is 6.15. The lowest BCUT2D eigenvalue weighted by Crippen LogP contribution is -2.58. The van der Waals surface area contributed by atoms with Crippen molar-refractivity contribution in [2.24, 2.45) is 11.5 Å². The predicted molar refractivity (Wildman–Crippen MR) is 63.1 cm³/mol. The van der Waals surface area contributed by atoms with Gasteiger partial charge in [-0.25, -0.2) is 0 Å². The molecule has 2 rings (SSSR count). The number of hydrogen-bond donors (Lipinski definition) is 3. The lowest BCUT2D eigenvalue weighted by atomic mass is 9.98. The van der Waals surface area contributed by atoms with Crippen LogP contribution >= 0.6 is 0 Å². The molecule has 18 heavy (non-hydrogen) atoms. The number of fused-ring (bicyclic) bond motifs is 1. The van der Waals surface area contributed by atoms with Gasteiger partial charge in [0.2, 0.25) is 17.7 Å². The molecule has 2 aliphatic rings. The summed E-state index contributed by atoms with van der Waals surface area (Å²) in [5, 5.41) is 2.58. The Kier molecular flexibility index (Phi) is 3.51. The van der Waals surface area contributed by atoms with Crippen LogP contribution in [0.3, 0.4) is 0 Å². The molecule has 3 unspecified atom stereocenters. The fourth-order valence-corrected chi connectivity index (χ4v) is 2.83. The second kappa shape index (κ2) is 4.93. The van der Waals surface area contributed by atoms with E-state index in [0.29, 0.717) is 12.8 Å². The van der Waals surface area contributed by atoms with Crippen LogP contribution in [-0.2, 0) is 14.4 Å². The zero-order valence-electron chi connectivity index (χ0n) is 10.1. The van der Waals surface area contributed by atoms with Crippen LogP contribution in [0.1, 0.15) is 25.7 Å². The summed E-state index contributed by atoms with van der Waals surface area (Å²) in [7, 11) is 0. The van der Waals surface area contributed by atoms with Crippen LogP contribution in [0.5, 0.6) is 0 Å². The summed E-state index contributed by atoms with van der Waals surface area (Å²) >= 11 is 0. The van der Waals surface area contributed by atoms with E-state index in [-0.39, 0.29) is 24.4 Å². The van der Waals surface area contributed by atoms with E-state index in [1.165, 1.54) is 0 Å². The van der Waals surface area contributed by atoms with Crippen molar-refractivity contribution in [2.75, 3.05) is 6.54 Å². The number of piperidine rings is 1. The van der Waals surface area contributed by atoms with Crippen molar-refractivity contribution < 1.29 is 14.4 Å². The highest BCUT2D eigenvalue weighted by molar-refractivity contribution is 5.93. The monoisotopic (exact) mass is 254 g/mol. The average molecular weight is 254 g/mol. The van der Waals surface area contributed by atoms with Gasteiger partial charge in [0.15, 0.2) is 0 Å². The lowest BCUT2D eigenvalue weighted by molar-refractivity contribution is -0.145. The topological polar surface area (TPSA) is 119 Å². The number of nitrogens with one attached hydrogen (secondary N) is 1. The summed E-state index contributed by atoms with van der Waals surface area (Å²) in [6.07, 6.45) is 2.79. The van der Waals surface area contributed by atoms with E-state index in [0.717, 1.165) is 12.8 Å². The summed E-state index contributed by atoms with van der Waals surface area (Å²) in [5.41, 5.74) is 10.5. The molecule has 0 aromatic heterocycles. The highest BCUT2D eigenvalue weighted by atomic mass is 16.2. The van der Waals surface area contributed by atoms with Crippen molar-refractivity contribution in [3.63, 3.8) is 0 Å². The van der Waals surface area contributed by atoms with E-state index >= 15 is 0 Å². The van der Waals surface area contributed by atoms with Crippen LogP contribution in [-0.4, -0.2) is 47.3 Å². The maximum atomic E-state index is 12.2. The summed E-state index contributed by atoms with van der Waals surface area (Å²) in [5.74, 6) is -1.05. The van der Waals surface area contributed by atoms with Crippen LogP contribution in [0, 0.1) is 0 Å². The van der Waals surface area contributed by atoms with E-state index in [9.17, 15) is 14.4 Å². The summed E-state index contributed by atoms with van der Waals surface area (Å²) in [6.45, 7) is -0.146. The molecule has 100 valence electrons. The molecule has 3 amide bonds. The van der Waals surface area contributed by atoms with E-state index in [1.54, 1.807) is 4.90 Å². The molecule has 2 saturated heterocycles. The second-order valence-electron chi connectivity index (χ2n) is 4.80. The SMILES string of the molecule is NCC(=O)NC1CCC2CCC(C(N)=O)N2C1=O. The third-order valence-corrected chi connectivity index (χ3v) is 3.69. The Morgan fingerprint density at radius 3 is 2.56 bits per heavy atom. The Hall–Kier alpha value is -1.63. The van der Waals surface area contributed by atoms with Crippen molar-refractivity contribution in [3.8, 4) is 0 Å². The smallest absolute Gasteiger partial charge is 0.246 e. The number of primary amides is 1. The molecule has 0 aliphatic carbocycles. The van der Waals surface area contributed by atoms with Gasteiger partial charge in [0, 0.05) is 6.04 Å². The van der Waals surface area contributed by atoms with Gasteiger partial charge in [-0.05, 0) is 25.7 Å². The second-order valence-corrected chi connectivity index (χ2v) is 4.80. The first-order chi connectivity index (χ1) is 8.54. The predicted octanol–water partition coefficient (Wildman–Crippen LogP) is -1.93. The number of nitrogens with two attached hydrogens (primary N) is 2. The molecule has 7 nitrogen and oxygen atoms in total. The summed E-state index contributed by atoms with van der Waals surface area (Å²) in [6, 6.07) is -1.02. The molecule has 2 heterocycles. The van der Waals surface area contributed by atoms with E-state index in [4.69, 9.17) is 11.5 Å². The van der Waals surface area contributed by atoms with E-state index < -0.39 is 18.0 Å². The first-order valence-corrected chi connectivity index (χ1v) is 6.15. The minimum atomic E-state index is -0.572. The summed E-state index contributed by atoms with van der Waals surface area (Å²) in [4.78, 5) is 36.3. The molecule has 5 N–H and O–H groups in total. The third kappa shape index (κ3) is 2.17. The zero-order chi connectivity index (χ0) is 13.3. The molecular formula is C11H18N4O3. The van der Waals surface area contributed by atoms with Gasteiger partial charge in [0.25, 0.3) is 0 Å². The molecule has 0 aromatic carbocycles. The highest BCUT2D eigenvalue weighted by Crippen LogP contribution is 2.32. The van der Waals surface area contributed by atoms with Crippen molar-refractivity contribution >= 4 is 17.7 Å². The highest BCUT2D eigenvalue weighted by Gasteiger charge is 2.45. The van der Waals surface area contributed by atoms with Crippen molar-refractivity contribution in [1.82, 2.24) is 10.2 Å². The van der Waals surface area contributed by atoms with Gasteiger partial charge < -0.3 is 21.7 Å². The molecule has 0 spiro atoms. The molecule has 2 fully saturated rings. The number of nitrogens with zero attached hydrogens (tertiary/aromatic N) is 1. The Morgan fingerprint density at radius 2 is 1.94 bits per heavy atom. The lowest BCUT2D eigenvalue weighted by Gasteiger charge is -2.37. The average Bonchev–Trinajstić information content (AvgIpc) is 2.77. The van der Waals surface area contributed by atoms with Gasteiger partial charge in [-0.1, -0.05) is 0 Å². The van der Waals surface area contributed by atoms with Crippen molar-refractivity contribution in [2.45, 2.75) is 43.8 Å². The summed E-state index contributed by atoms with van der Waals surface area (Å²) < 4.78 is 0. The maximum absolute atomic E-state index is 12.2. The van der Waals surface area contributed by atoms with Crippen LogP contribution in [0.2, 0.25) is 0 Å². The van der Waals surface area contributed by atoms with Crippen LogP contribution in [0.4, 0.5) is 0 Å². The zero-order valence-corrected chi connectivity index (χ0v) is 10.1. The van der Waals surface area contributed by atoms with E-state index in [1.807, 2.05) is 0 Å². The molecule has 0 bridgehead atoms. The maximum Gasteiger partial charge on any atom is 0.246 e. The van der Waals surface area contributed by atoms with Crippen LogP contribution < -0.4 is 16.8 Å². The van der Waals surface area contributed by atoms with Crippen molar-refractivity contribution in [1.29, 1.82) is 0 Å².